The van der Waals surface area contributed by atoms with Crippen LogP contribution in [0.1, 0.15) is 20.7 Å². The Kier molecular flexibility index (Phi) is 5.54. The van der Waals surface area contributed by atoms with E-state index in [4.69, 9.17) is 21.1 Å². The number of anilines is 3. The van der Waals surface area contributed by atoms with Crippen LogP contribution in [0.4, 0.5) is 17.2 Å². The second-order valence-corrected chi connectivity index (χ2v) is 6.86. The van der Waals surface area contributed by atoms with Gasteiger partial charge in [-0.2, -0.15) is 0 Å². The molecule has 1 aliphatic heterocycles. The minimum Gasteiger partial charge on any atom is -0.489 e. The maximum absolute atomic E-state index is 13.1. The van der Waals surface area contributed by atoms with Gasteiger partial charge in [-0.25, -0.2) is 9.78 Å². The fraction of sp³-hybridized carbons (Fsp3) is 0.136. The van der Waals surface area contributed by atoms with Crippen molar-refractivity contribution in [2.75, 3.05) is 30.5 Å². The molecule has 0 spiro atoms. The number of halogens is 1. The molecule has 7 nitrogen and oxygen atoms in total. The number of hydrogen-bond donors (Lipinski definition) is 1. The second-order valence-electron chi connectivity index (χ2n) is 6.45. The smallest absolute Gasteiger partial charge is 0.339 e. The summed E-state index contributed by atoms with van der Waals surface area (Å²) in [7, 11) is 1.29. The number of rotatable bonds is 4. The number of aromatic nitrogens is 1. The number of ether oxygens (including phenoxy) is 2. The summed E-state index contributed by atoms with van der Waals surface area (Å²) in [4.78, 5) is 31.3. The third kappa shape index (κ3) is 3.67. The van der Waals surface area contributed by atoms with Gasteiger partial charge in [-0.05, 0) is 36.4 Å². The standard InChI is InChI=1S/C22H18ClN3O4/c1-29-22(28)14-6-2-3-9-17(14)25-21(27)15-7-4-10-18-19(15)30-13-12-26(18)20-16(23)8-5-11-24-20/h2-11H,12-13H2,1H3,(H,25,27). The third-order valence-electron chi connectivity index (χ3n) is 4.67. The van der Waals surface area contributed by atoms with Crippen LogP contribution in [0.5, 0.6) is 5.75 Å². The van der Waals surface area contributed by atoms with Crippen molar-refractivity contribution < 1.29 is 19.1 Å². The van der Waals surface area contributed by atoms with Crippen LogP contribution in [0.2, 0.25) is 5.02 Å². The molecule has 0 saturated carbocycles. The molecule has 3 aromatic rings. The molecule has 0 aliphatic carbocycles. The molecule has 0 saturated heterocycles. The normalized spacial score (nSPS) is 12.5. The minimum atomic E-state index is -0.534. The SMILES string of the molecule is COC(=O)c1ccccc1NC(=O)c1cccc2c1OCCN2c1ncccc1Cl. The zero-order valence-corrected chi connectivity index (χ0v) is 16.8. The lowest BCUT2D eigenvalue weighted by atomic mass is 10.1. The monoisotopic (exact) mass is 423 g/mol. The lowest BCUT2D eigenvalue weighted by Crippen LogP contribution is -2.30. The number of benzene rings is 2. The van der Waals surface area contributed by atoms with Crippen molar-refractivity contribution >= 4 is 40.7 Å². The number of carbonyl (C=O) groups is 2. The molecular weight excluding hydrogens is 406 g/mol. The van der Waals surface area contributed by atoms with Gasteiger partial charge in [0, 0.05) is 6.20 Å². The Labute approximate surface area is 178 Å². The average molecular weight is 424 g/mol. The van der Waals surface area contributed by atoms with E-state index in [9.17, 15) is 9.59 Å². The van der Waals surface area contributed by atoms with Crippen molar-refractivity contribution in [2.45, 2.75) is 0 Å². The van der Waals surface area contributed by atoms with E-state index in [1.807, 2.05) is 11.0 Å². The predicted molar refractivity (Wildman–Crippen MR) is 114 cm³/mol. The maximum Gasteiger partial charge on any atom is 0.339 e. The van der Waals surface area contributed by atoms with Crippen molar-refractivity contribution in [3.63, 3.8) is 0 Å². The van der Waals surface area contributed by atoms with Crippen molar-refractivity contribution in [3.8, 4) is 5.75 Å². The molecule has 0 unspecified atom stereocenters. The van der Waals surface area contributed by atoms with Crippen LogP contribution < -0.4 is 15.0 Å². The number of nitrogens with one attached hydrogen (secondary N) is 1. The average Bonchev–Trinajstić information content (AvgIpc) is 2.78. The van der Waals surface area contributed by atoms with E-state index in [1.165, 1.54) is 7.11 Å². The number of carbonyl (C=O) groups excluding carboxylic acids is 2. The predicted octanol–water partition coefficient (Wildman–Crippen LogP) is 4.30. The topological polar surface area (TPSA) is 80.8 Å². The highest BCUT2D eigenvalue weighted by atomic mass is 35.5. The van der Waals surface area contributed by atoms with Crippen molar-refractivity contribution in [2.24, 2.45) is 0 Å². The first-order chi connectivity index (χ1) is 14.6. The lowest BCUT2D eigenvalue weighted by Gasteiger charge is -2.31. The number of nitrogens with zero attached hydrogens (tertiary/aromatic N) is 2. The second kappa shape index (κ2) is 8.42. The van der Waals surface area contributed by atoms with Crippen LogP contribution in [0.25, 0.3) is 0 Å². The van der Waals surface area contributed by atoms with Gasteiger partial charge in [-0.3, -0.25) is 4.79 Å². The highest BCUT2D eigenvalue weighted by molar-refractivity contribution is 6.33. The molecule has 152 valence electrons. The molecule has 1 aromatic heterocycles. The molecule has 1 N–H and O–H groups in total. The number of fused-ring (bicyclic) bond motifs is 1. The van der Waals surface area contributed by atoms with Gasteiger partial charge >= 0.3 is 5.97 Å². The van der Waals surface area contributed by atoms with Gasteiger partial charge in [0.25, 0.3) is 5.91 Å². The number of methoxy groups -OCH3 is 1. The van der Waals surface area contributed by atoms with Gasteiger partial charge < -0.3 is 19.7 Å². The van der Waals surface area contributed by atoms with Crippen LogP contribution in [-0.2, 0) is 4.74 Å². The summed E-state index contributed by atoms with van der Waals surface area (Å²) in [5.41, 5.74) is 1.65. The van der Waals surface area contributed by atoms with Gasteiger partial charge in [-0.1, -0.05) is 29.8 Å². The first-order valence-electron chi connectivity index (χ1n) is 9.22. The summed E-state index contributed by atoms with van der Waals surface area (Å²) in [5.74, 6) is 0.0845. The minimum absolute atomic E-state index is 0.265. The van der Waals surface area contributed by atoms with E-state index in [-0.39, 0.29) is 5.56 Å². The van der Waals surface area contributed by atoms with Gasteiger partial charge in [-0.15, -0.1) is 0 Å². The summed E-state index contributed by atoms with van der Waals surface area (Å²) in [6.07, 6.45) is 1.66. The van der Waals surface area contributed by atoms with Gasteiger partial charge in [0.1, 0.15) is 6.61 Å². The van der Waals surface area contributed by atoms with Gasteiger partial charge in [0.2, 0.25) is 0 Å². The number of pyridine rings is 1. The van der Waals surface area contributed by atoms with E-state index >= 15 is 0 Å². The Morgan fingerprint density at radius 3 is 2.70 bits per heavy atom. The van der Waals surface area contributed by atoms with Gasteiger partial charge in [0.05, 0.1) is 41.2 Å². The largest absolute Gasteiger partial charge is 0.489 e. The summed E-state index contributed by atoms with van der Waals surface area (Å²) in [6.45, 7) is 0.906. The molecule has 2 aromatic carbocycles. The number of esters is 1. The quantitative estimate of drug-likeness (QED) is 0.630. The van der Waals surface area contributed by atoms with Crippen molar-refractivity contribution in [1.82, 2.24) is 4.98 Å². The van der Waals surface area contributed by atoms with Crippen molar-refractivity contribution in [1.29, 1.82) is 0 Å². The highest BCUT2D eigenvalue weighted by Gasteiger charge is 2.27. The number of para-hydroxylation sites is 2. The summed E-state index contributed by atoms with van der Waals surface area (Å²) >= 11 is 6.33. The molecule has 8 heteroatoms. The van der Waals surface area contributed by atoms with E-state index < -0.39 is 11.9 Å². The summed E-state index contributed by atoms with van der Waals surface area (Å²) in [6, 6.07) is 15.4. The van der Waals surface area contributed by atoms with Crippen LogP contribution in [0, 0.1) is 0 Å². The van der Waals surface area contributed by atoms with Crippen molar-refractivity contribution in [3.05, 3.63) is 76.9 Å². The van der Waals surface area contributed by atoms with Crippen LogP contribution >= 0.6 is 11.6 Å². The van der Waals surface area contributed by atoms with E-state index in [2.05, 4.69) is 10.3 Å². The first kappa shape index (κ1) is 19.7. The van der Waals surface area contributed by atoms with E-state index in [1.54, 1.807) is 54.7 Å². The Balaban J connectivity index is 1.69. The molecular formula is C22H18ClN3O4. The van der Waals surface area contributed by atoms with E-state index in [0.717, 1.165) is 0 Å². The van der Waals surface area contributed by atoms with Crippen LogP contribution in [0.3, 0.4) is 0 Å². The summed E-state index contributed by atoms with van der Waals surface area (Å²) in [5, 5.41) is 3.28. The molecule has 0 radical (unpaired) electrons. The van der Waals surface area contributed by atoms with Crippen LogP contribution in [0.15, 0.2) is 60.8 Å². The third-order valence-corrected chi connectivity index (χ3v) is 4.96. The molecule has 0 fully saturated rings. The lowest BCUT2D eigenvalue weighted by molar-refractivity contribution is 0.0602. The van der Waals surface area contributed by atoms with E-state index in [0.29, 0.717) is 46.7 Å². The van der Waals surface area contributed by atoms with Crippen LogP contribution in [-0.4, -0.2) is 37.1 Å². The molecule has 4 rings (SSSR count). The Bertz CT molecular complexity index is 1120. The molecule has 2 heterocycles. The molecule has 1 aliphatic rings. The number of amides is 1. The fourth-order valence-electron chi connectivity index (χ4n) is 3.29. The van der Waals surface area contributed by atoms with Gasteiger partial charge in [0.15, 0.2) is 11.6 Å². The zero-order chi connectivity index (χ0) is 21.1. The Morgan fingerprint density at radius 2 is 1.90 bits per heavy atom. The number of hydrogen-bond acceptors (Lipinski definition) is 6. The summed E-state index contributed by atoms with van der Waals surface area (Å²) < 4.78 is 10.6. The highest BCUT2D eigenvalue weighted by Crippen LogP contribution is 2.40. The Hall–Kier alpha value is -3.58. The maximum atomic E-state index is 13.1. The first-order valence-corrected chi connectivity index (χ1v) is 9.60. The fourth-order valence-corrected chi connectivity index (χ4v) is 3.52. The molecule has 0 bridgehead atoms. The molecule has 0 atom stereocenters. The molecule has 1 amide bonds. The zero-order valence-electron chi connectivity index (χ0n) is 16.1. The Morgan fingerprint density at radius 1 is 1.10 bits per heavy atom. The molecule has 30 heavy (non-hydrogen) atoms.